The van der Waals surface area contributed by atoms with E-state index in [2.05, 4.69) is 33.0 Å². The van der Waals surface area contributed by atoms with Crippen LogP contribution in [0.5, 0.6) is 0 Å². The topological polar surface area (TPSA) is 69.6 Å². The van der Waals surface area contributed by atoms with E-state index in [-0.39, 0.29) is 18.5 Å². The maximum absolute atomic E-state index is 12.0. The number of hydrogen-bond acceptors (Lipinski definition) is 2. The van der Waals surface area contributed by atoms with Gasteiger partial charge in [-0.05, 0) is 18.8 Å². The molecule has 5 nitrogen and oxygen atoms in total. The van der Waals surface area contributed by atoms with Crippen LogP contribution in [-0.4, -0.2) is 41.1 Å². The number of hydrogen-bond donors (Lipinski definition) is 2. The molecule has 0 spiro atoms. The summed E-state index contributed by atoms with van der Waals surface area (Å²) in [6.07, 6.45) is -0.0526. The van der Waals surface area contributed by atoms with Crippen LogP contribution in [0.4, 0.5) is 4.79 Å². The van der Waals surface area contributed by atoms with Crippen molar-refractivity contribution >= 4 is 12.0 Å². The number of amides is 2. The molecule has 1 unspecified atom stereocenters. The van der Waals surface area contributed by atoms with Crippen LogP contribution in [0.25, 0.3) is 0 Å². The Bertz CT molecular complexity index is 267. The molecule has 0 aromatic carbocycles. The Kier molecular flexibility index (Phi) is 7.39. The van der Waals surface area contributed by atoms with E-state index in [1.54, 1.807) is 11.8 Å². The molecular formula is C13H26N2O3. The summed E-state index contributed by atoms with van der Waals surface area (Å²) in [6, 6.07) is -0.525. The van der Waals surface area contributed by atoms with Crippen molar-refractivity contribution in [2.24, 2.45) is 11.8 Å². The Balaban J connectivity index is 4.40. The van der Waals surface area contributed by atoms with Crippen LogP contribution in [0.15, 0.2) is 0 Å². The molecule has 1 atom stereocenters. The largest absolute Gasteiger partial charge is 0.481 e. The predicted octanol–water partition coefficient (Wildman–Crippen LogP) is 2.17. The first-order valence-corrected chi connectivity index (χ1v) is 6.49. The zero-order valence-electron chi connectivity index (χ0n) is 12.1. The van der Waals surface area contributed by atoms with Crippen molar-refractivity contribution in [1.29, 1.82) is 0 Å². The quantitative estimate of drug-likeness (QED) is 0.735. The normalized spacial score (nSPS) is 12.6. The standard InChI is InChI=1S/C13H26N2O3/c1-9(2)7-15(8-10(3)4)13(18)14-11(5)6-12(16)17/h9-11H,6-8H2,1-5H3,(H,14,18)(H,16,17). The molecule has 0 aromatic heterocycles. The van der Waals surface area contributed by atoms with Crippen LogP contribution in [0, 0.1) is 11.8 Å². The molecule has 2 amide bonds. The number of carboxylic acids is 1. The number of carbonyl (C=O) groups is 2. The molecule has 0 radical (unpaired) electrons. The maximum Gasteiger partial charge on any atom is 0.317 e. The molecular weight excluding hydrogens is 232 g/mol. The summed E-state index contributed by atoms with van der Waals surface area (Å²) in [7, 11) is 0. The fourth-order valence-corrected chi connectivity index (χ4v) is 1.74. The van der Waals surface area contributed by atoms with Crippen LogP contribution in [0.3, 0.4) is 0 Å². The fourth-order valence-electron chi connectivity index (χ4n) is 1.74. The third-order valence-corrected chi connectivity index (χ3v) is 2.31. The lowest BCUT2D eigenvalue weighted by Gasteiger charge is -2.28. The fraction of sp³-hybridized carbons (Fsp3) is 0.846. The van der Waals surface area contributed by atoms with Gasteiger partial charge < -0.3 is 15.3 Å². The van der Waals surface area contributed by atoms with E-state index in [9.17, 15) is 9.59 Å². The molecule has 0 aliphatic carbocycles. The lowest BCUT2D eigenvalue weighted by Crippen LogP contribution is -2.47. The smallest absolute Gasteiger partial charge is 0.317 e. The average Bonchev–Trinajstić information content (AvgIpc) is 2.13. The van der Waals surface area contributed by atoms with Gasteiger partial charge in [0.1, 0.15) is 0 Å². The number of nitrogens with one attached hydrogen (secondary N) is 1. The van der Waals surface area contributed by atoms with Crippen LogP contribution in [0.1, 0.15) is 41.0 Å². The van der Waals surface area contributed by atoms with E-state index in [0.717, 1.165) is 0 Å². The molecule has 0 saturated carbocycles. The van der Waals surface area contributed by atoms with Crippen LogP contribution < -0.4 is 5.32 Å². The molecule has 0 aliphatic rings. The number of nitrogens with zero attached hydrogens (tertiary/aromatic N) is 1. The van der Waals surface area contributed by atoms with Crippen molar-refractivity contribution in [3.63, 3.8) is 0 Å². The number of aliphatic carboxylic acids is 1. The van der Waals surface area contributed by atoms with Crippen molar-refractivity contribution < 1.29 is 14.7 Å². The average molecular weight is 258 g/mol. The molecule has 0 fully saturated rings. The number of carboxylic acid groups (broad SMARTS) is 1. The highest BCUT2D eigenvalue weighted by Gasteiger charge is 2.18. The summed E-state index contributed by atoms with van der Waals surface area (Å²) >= 11 is 0. The van der Waals surface area contributed by atoms with E-state index < -0.39 is 5.97 Å². The van der Waals surface area contributed by atoms with E-state index in [1.165, 1.54) is 0 Å². The highest BCUT2D eigenvalue weighted by Crippen LogP contribution is 2.05. The Morgan fingerprint density at radius 3 is 1.83 bits per heavy atom. The zero-order valence-corrected chi connectivity index (χ0v) is 12.1. The molecule has 18 heavy (non-hydrogen) atoms. The summed E-state index contributed by atoms with van der Waals surface area (Å²) < 4.78 is 0. The van der Waals surface area contributed by atoms with E-state index in [0.29, 0.717) is 24.9 Å². The Morgan fingerprint density at radius 2 is 1.50 bits per heavy atom. The molecule has 106 valence electrons. The molecule has 0 heterocycles. The van der Waals surface area contributed by atoms with Crippen LogP contribution >= 0.6 is 0 Å². The lowest BCUT2D eigenvalue weighted by molar-refractivity contribution is -0.137. The van der Waals surface area contributed by atoms with Gasteiger partial charge in [-0.3, -0.25) is 4.79 Å². The van der Waals surface area contributed by atoms with Gasteiger partial charge in [0.05, 0.1) is 6.42 Å². The zero-order chi connectivity index (χ0) is 14.3. The summed E-state index contributed by atoms with van der Waals surface area (Å²) in [4.78, 5) is 24.3. The summed E-state index contributed by atoms with van der Waals surface area (Å²) in [5, 5.41) is 11.4. The molecule has 0 rings (SSSR count). The molecule has 2 N–H and O–H groups in total. The van der Waals surface area contributed by atoms with Gasteiger partial charge >= 0.3 is 12.0 Å². The Hall–Kier alpha value is -1.26. The Labute approximate surface area is 110 Å². The first-order valence-electron chi connectivity index (χ1n) is 6.49. The van der Waals surface area contributed by atoms with Gasteiger partial charge in [-0.1, -0.05) is 27.7 Å². The van der Waals surface area contributed by atoms with E-state index in [4.69, 9.17) is 5.11 Å². The monoisotopic (exact) mass is 258 g/mol. The van der Waals surface area contributed by atoms with Crippen molar-refractivity contribution in [3.8, 4) is 0 Å². The van der Waals surface area contributed by atoms with E-state index >= 15 is 0 Å². The second-order valence-corrected chi connectivity index (χ2v) is 5.64. The SMILES string of the molecule is CC(C)CN(CC(C)C)C(=O)NC(C)CC(=O)O. The minimum atomic E-state index is -0.901. The predicted molar refractivity (Wildman–Crippen MR) is 71.5 cm³/mol. The summed E-state index contributed by atoms with van der Waals surface area (Å²) in [5.74, 6) is -0.115. The molecule has 0 aromatic rings. The first-order chi connectivity index (χ1) is 8.22. The summed E-state index contributed by atoms with van der Waals surface area (Å²) in [6.45, 7) is 11.3. The van der Waals surface area contributed by atoms with E-state index in [1.807, 2.05) is 0 Å². The van der Waals surface area contributed by atoms with Gasteiger partial charge in [-0.25, -0.2) is 4.79 Å². The first kappa shape index (κ1) is 16.7. The van der Waals surface area contributed by atoms with Gasteiger partial charge in [-0.15, -0.1) is 0 Å². The van der Waals surface area contributed by atoms with Crippen molar-refractivity contribution in [1.82, 2.24) is 10.2 Å². The molecule has 0 saturated heterocycles. The number of rotatable bonds is 7. The Morgan fingerprint density at radius 1 is 1.06 bits per heavy atom. The van der Waals surface area contributed by atoms with Gasteiger partial charge in [0.25, 0.3) is 0 Å². The second-order valence-electron chi connectivity index (χ2n) is 5.64. The maximum atomic E-state index is 12.0. The van der Waals surface area contributed by atoms with Crippen molar-refractivity contribution in [3.05, 3.63) is 0 Å². The summed E-state index contributed by atoms with van der Waals surface area (Å²) in [5.41, 5.74) is 0. The minimum absolute atomic E-state index is 0.0526. The lowest BCUT2D eigenvalue weighted by atomic mass is 10.1. The van der Waals surface area contributed by atoms with Crippen LogP contribution in [0.2, 0.25) is 0 Å². The highest BCUT2D eigenvalue weighted by atomic mass is 16.4. The third-order valence-electron chi connectivity index (χ3n) is 2.31. The van der Waals surface area contributed by atoms with Crippen LogP contribution in [-0.2, 0) is 4.79 Å². The second kappa shape index (κ2) is 7.95. The molecule has 0 bridgehead atoms. The highest BCUT2D eigenvalue weighted by molar-refractivity contribution is 5.75. The number of carbonyl (C=O) groups excluding carboxylic acids is 1. The molecule has 0 aliphatic heterocycles. The van der Waals surface area contributed by atoms with Gasteiger partial charge in [0, 0.05) is 19.1 Å². The third kappa shape index (κ3) is 7.92. The van der Waals surface area contributed by atoms with Crippen molar-refractivity contribution in [2.45, 2.75) is 47.1 Å². The van der Waals surface area contributed by atoms with Gasteiger partial charge in [-0.2, -0.15) is 0 Å². The minimum Gasteiger partial charge on any atom is -0.481 e. The van der Waals surface area contributed by atoms with Gasteiger partial charge in [0.15, 0.2) is 0 Å². The molecule has 5 heteroatoms. The van der Waals surface area contributed by atoms with Gasteiger partial charge in [0.2, 0.25) is 0 Å². The number of urea groups is 1. The van der Waals surface area contributed by atoms with Crippen molar-refractivity contribution in [2.75, 3.05) is 13.1 Å².